The second kappa shape index (κ2) is 12.3. The molecule has 0 unspecified atom stereocenters. The van der Waals surface area contributed by atoms with Crippen LogP contribution >= 0.6 is 45.9 Å². The van der Waals surface area contributed by atoms with Crippen LogP contribution in [-0.4, -0.2) is 10.5 Å². The average Bonchev–Trinajstić information content (AvgIpc) is 2.61. The first-order valence-corrected chi connectivity index (χ1v) is 19.2. The van der Waals surface area contributed by atoms with Gasteiger partial charge in [-0.3, -0.25) is 0 Å². The normalized spacial score (nSPS) is 20.9. The topological polar surface area (TPSA) is 9.23 Å². The minimum atomic E-state index is -1.40. The first-order valence-electron chi connectivity index (χ1n) is 10.3. The Morgan fingerprint density at radius 1 is 0.923 bits per heavy atom. The zero-order chi connectivity index (χ0) is 18.8. The summed E-state index contributed by atoms with van der Waals surface area (Å²) >= 11 is 11.1. The fraction of sp³-hybridized carbons (Fsp3) is 0.714. The minimum absolute atomic E-state index is 0.770. The molecule has 1 aromatic carbocycles. The molecule has 2 rings (SSSR count). The van der Waals surface area contributed by atoms with E-state index in [9.17, 15) is 0 Å². The van der Waals surface area contributed by atoms with Gasteiger partial charge in [0.2, 0.25) is 0 Å². The zero-order valence-corrected chi connectivity index (χ0v) is 21.7. The van der Waals surface area contributed by atoms with Crippen LogP contribution in [0.5, 0.6) is 5.75 Å². The Kier molecular flexibility index (Phi) is 10.8. The molecule has 0 radical (unpaired) electrons. The van der Waals surface area contributed by atoms with E-state index in [1.807, 2.05) is 0 Å². The monoisotopic (exact) mass is 566 g/mol. The molecule has 1 nitrogen and oxygen atoms in total. The molecule has 0 aliphatic heterocycles. The van der Waals surface area contributed by atoms with E-state index in [0.717, 1.165) is 30.6 Å². The second-order valence-electron chi connectivity index (χ2n) is 7.70. The summed E-state index contributed by atoms with van der Waals surface area (Å²) in [5.41, 5.74) is 1.51. The summed E-state index contributed by atoms with van der Waals surface area (Å²) in [6.45, 7) is 3.15. The van der Waals surface area contributed by atoms with Crippen LogP contribution in [0.4, 0.5) is 0 Å². The highest BCUT2D eigenvalue weighted by Crippen LogP contribution is 2.38. The molecular formula is C21H33Br3OSi. The van der Waals surface area contributed by atoms with Gasteiger partial charge in [0.1, 0.15) is 5.75 Å². The van der Waals surface area contributed by atoms with Gasteiger partial charge >= 0.3 is 0 Å². The van der Waals surface area contributed by atoms with Gasteiger partial charge in [-0.15, -0.1) is 0 Å². The van der Waals surface area contributed by atoms with Crippen molar-refractivity contribution in [1.29, 1.82) is 0 Å². The van der Waals surface area contributed by atoms with E-state index in [4.69, 9.17) is 4.74 Å². The van der Waals surface area contributed by atoms with Crippen LogP contribution < -0.4 is 4.74 Å². The Balaban J connectivity index is 1.61. The number of rotatable bonds is 11. The van der Waals surface area contributed by atoms with Gasteiger partial charge in [0.15, 0.2) is 0 Å². The molecule has 26 heavy (non-hydrogen) atoms. The van der Waals surface area contributed by atoms with Gasteiger partial charge in [-0.1, -0.05) is 97.0 Å². The van der Waals surface area contributed by atoms with Gasteiger partial charge in [-0.05, 0) is 67.7 Å². The number of ether oxygens (including phenoxy) is 1. The average molecular weight is 569 g/mol. The van der Waals surface area contributed by atoms with Crippen LogP contribution in [-0.2, 0) is 0 Å². The molecule has 1 aliphatic carbocycles. The Morgan fingerprint density at radius 3 is 2.19 bits per heavy atom. The van der Waals surface area contributed by atoms with E-state index in [-0.39, 0.29) is 0 Å². The lowest BCUT2D eigenvalue weighted by molar-refractivity contribution is 0.302. The predicted octanol–water partition coefficient (Wildman–Crippen LogP) is 8.82. The van der Waals surface area contributed by atoms with E-state index in [1.54, 1.807) is 0 Å². The van der Waals surface area contributed by atoms with Gasteiger partial charge in [0, 0.05) is 0 Å². The maximum atomic E-state index is 5.93. The van der Waals surface area contributed by atoms with E-state index >= 15 is 0 Å². The fourth-order valence-corrected chi connectivity index (χ4v) is 7.17. The molecule has 0 amide bonds. The molecule has 0 aromatic heterocycles. The van der Waals surface area contributed by atoms with E-state index in [2.05, 4.69) is 77.1 Å². The molecule has 0 spiro atoms. The Hall–Kier alpha value is 0.677. The number of benzene rings is 1. The van der Waals surface area contributed by atoms with Crippen molar-refractivity contribution in [3.63, 3.8) is 0 Å². The van der Waals surface area contributed by atoms with E-state index in [1.165, 1.54) is 69.4 Å². The molecule has 0 atom stereocenters. The van der Waals surface area contributed by atoms with Crippen molar-refractivity contribution in [3.8, 4) is 5.75 Å². The molecule has 0 heterocycles. The standard InChI is InChI=1S/C21H33Br3OSi/c1-2-7-18-8-10-19(11-9-18)20-12-14-21(15-13-20)25-16-5-3-4-6-17-26(22,23)24/h12-15,18-19H,2-11,16-17H2,1H3/t18-,19-. The third-order valence-corrected chi connectivity index (χ3v) is 10.0. The largest absolute Gasteiger partial charge is 0.494 e. The molecule has 0 bridgehead atoms. The smallest absolute Gasteiger partial charge is 0.267 e. The molecule has 1 saturated carbocycles. The summed E-state index contributed by atoms with van der Waals surface area (Å²) in [5.74, 6) is 2.78. The summed E-state index contributed by atoms with van der Waals surface area (Å²) in [6, 6.07) is 10.2. The molecule has 0 N–H and O–H groups in total. The molecule has 5 heteroatoms. The van der Waals surface area contributed by atoms with Crippen LogP contribution in [0.2, 0.25) is 6.04 Å². The molecular weight excluding hydrogens is 536 g/mol. The fourth-order valence-electron chi connectivity index (χ4n) is 4.00. The second-order valence-corrected chi connectivity index (χ2v) is 31.2. The van der Waals surface area contributed by atoms with E-state index in [0.29, 0.717) is 0 Å². The molecule has 1 fully saturated rings. The predicted molar refractivity (Wildman–Crippen MR) is 127 cm³/mol. The summed E-state index contributed by atoms with van der Waals surface area (Å²) in [6.07, 6.45) is 13.3. The lowest BCUT2D eigenvalue weighted by atomic mass is 9.77. The molecule has 148 valence electrons. The van der Waals surface area contributed by atoms with Crippen LogP contribution in [0.15, 0.2) is 24.3 Å². The summed E-state index contributed by atoms with van der Waals surface area (Å²) in [5, 5.41) is 0. The van der Waals surface area contributed by atoms with Gasteiger partial charge in [0.25, 0.3) is 3.93 Å². The lowest BCUT2D eigenvalue weighted by Crippen LogP contribution is -2.13. The van der Waals surface area contributed by atoms with Crippen LogP contribution in [0.3, 0.4) is 0 Å². The molecule has 0 saturated heterocycles. The first kappa shape index (κ1) is 23.0. The van der Waals surface area contributed by atoms with Crippen molar-refractivity contribution in [1.82, 2.24) is 0 Å². The van der Waals surface area contributed by atoms with Crippen molar-refractivity contribution in [2.24, 2.45) is 5.92 Å². The van der Waals surface area contributed by atoms with Crippen molar-refractivity contribution in [3.05, 3.63) is 29.8 Å². The highest BCUT2D eigenvalue weighted by atomic mass is 80.0. The van der Waals surface area contributed by atoms with Crippen molar-refractivity contribution < 1.29 is 4.74 Å². The van der Waals surface area contributed by atoms with E-state index < -0.39 is 3.93 Å². The highest BCUT2D eigenvalue weighted by molar-refractivity contribution is 9.72. The van der Waals surface area contributed by atoms with Crippen molar-refractivity contribution in [2.75, 3.05) is 6.61 Å². The quantitative estimate of drug-likeness (QED) is 0.147. The minimum Gasteiger partial charge on any atom is -0.494 e. The van der Waals surface area contributed by atoms with Gasteiger partial charge in [-0.2, -0.15) is 0 Å². The Labute approximate surface area is 184 Å². The van der Waals surface area contributed by atoms with Crippen LogP contribution in [0.1, 0.15) is 82.6 Å². The first-order chi connectivity index (χ1) is 12.5. The van der Waals surface area contributed by atoms with Crippen molar-refractivity contribution >= 4 is 49.8 Å². The van der Waals surface area contributed by atoms with Gasteiger partial charge < -0.3 is 4.74 Å². The number of hydrogen-bond donors (Lipinski definition) is 0. The van der Waals surface area contributed by atoms with Gasteiger partial charge in [-0.25, -0.2) is 0 Å². The maximum Gasteiger partial charge on any atom is 0.267 e. The van der Waals surface area contributed by atoms with Crippen LogP contribution in [0, 0.1) is 5.92 Å². The zero-order valence-electron chi connectivity index (χ0n) is 16.0. The Morgan fingerprint density at radius 2 is 1.58 bits per heavy atom. The molecule has 1 aromatic rings. The summed E-state index contributed by atoms with van der Waals surface area (Å²) in [7, 11) is 0. The van der Waals surface area contributed by atoms with Crippen LogP contribution in [0.25, 0.3) is 0 Å². The SMILES string of the molecule is CCC[C@H]1CC[C@H](c2ccc(OCCCCCC[Si](Br)(Br)Br)cc2)CC1. The molecule has 1 aliphatic rings. The summed E-state index contributed by atoms with van der Waals surface area (Å²) < 4.78 is 4.53. The van der Waals surface area contributed by atoms with Gasteiger partial charge in [0.05, 0.1) is 6.61 Å². The third-order valence-electron chi connectivity index (χ3n) is 5.52. The summed E-state index contributed by atoms with van der Waals surface area (Å²) in [4.78, 5) is 0. The lowest BCUT2D eigenvalue weighted by Gasteiger charge is -2.28. The number of hydrogen-bond acceptors (Lipinski definition) is 1. The number of halogens is 3. The third kappa shape index (κ3) is 9.25. The number of unbranched alkanes of at least 4 members (excludes halogenated alkanes) is 3. The maximum absolute atomic E-state index is 5.93. The Bertz CT molecular complexity index is 493. The highest BCUT2D eigenvalue weighted by Gasteiger charge is 2.22. The van der Waals surface area contributed by atoms with Crippen molar-refractivity contribution in [2.45, 2.75) is 83.1 Å².